The largest absolute Gasteiger partial charge is 0.287 e. The summed E-state index contributed by atoms with van der Waals surface area (Å²) in [6.45, 7) is 0.858. The van der Waals surface area contributed by atoms with E-state index in [9.17, 15) is 4.79 Å². The number of benzene rings is 1. The fourth-order valence-corrected chi connectivity index (χ4v) is 3.06. The van der Waals surface area contributed by atoms with E-state index in [-0.39, 0.29) is 10.8 Å². The van der Waals surface area contributed by atoms with E-state index in [1.807, 2.05) is 28.9 Å². The van der Waals surface area contributed by atoms with Crippen LogP contribution < -0.4 is 5.43 Å². The third-order valence-corrected chi connectivity index (χ3v) is 4.67. The molecule has 0 spiro atoms. The van der Waals surface area contributed by atoms with E-state index in [2.05, 4.69) is 17.7 Å². The lowest BCUT2D eigenvalue weighted by Crippen LogP contribution is -2.37. The van der Waals surface area contributed by atoms with Crippen LogP contribution in [0, 0.1) is 5.41 Å². The Labute approximate surface area is 111 Å². The standard InChI is InChI=1S/C14H16N2OS/c17-13-8-15-16(9-14(10-18)6-3-7-14)12-5-2-1-4-11(12)13/h1-2,4-5,8,18H,3,6-7,9-10H2. The van der Waals surface area contributed by atoms with E-state index in [1.54, 1.807) is 0 Å². The van der Waals surface area contributed by atoms with Crippen molar-refractivity contribution in [2.24, 2.45) is 5.41 Å². The van der Waals surface area contributed by atoms with Crippen LogP contribution in [0.15, 0.2) is 35.3 Å². The van der Waals surface area contributed by atoms with Gasteiger partial charge in [-0.1, -0.05) is 18.6 Å². The van der Waals surface area contributed by atoms with E-state index in [4.69, 9.17) is 0 Å². The number of thiol groups is 1. The highest BCUT2D eigenvalue weighted by Gasteiger charge is 2.36. The zero-order valence-corrected chi connectivity index (χ0v) is 11.1. The summed E-state index contributed by atoms with van der Waals surface area (Å²) in [4.78, 5) is 11.8. The van der Waals surface area contributed by atoms with Crippen molar-refractivity contribution in [3.63, 3.8) is 0 Å². The van der Waals surface area contributed by atoms with Crippen LogP contribution >= 0.6 is 12.6 Å². The van der Waals surface area contributed by atoms with Crippen LogP contribution in [0.2, 0.25) is 0 Å². The molecule has 3 rings (SSSR count). The number of para-hydroxylation sites is 1. The molecule has 1 aliphatic carbocycles. The topological polar surface area (TPSA) is 34.9 Å². The van der Waals surface area contributed by atoms with Crippen LogP contribution in [0.4, 0.5) is 0 Å². The third kappa shape index (κ3) is 1.85. The fourth-order valence-electron chi connectivity index (χ4n) is 2.65. The molecule has 1 saturated carbocycles. The lowest BCUT2D eigenvalue weighted by atomic mass is 9.70. The Morgan fingerprint density at radius 3 is 2.78 bits per heavy atom. The molecule has 0 N–H and O–H groups in total. The molecule has 0 saturated heterocycles. The summed E-state index contributed by atoms with van der Waals surface area (Å²) < 4.78 is 1.96. The first-order chi connectivity index (χ1) is 8.74. The fraction of sp³-hybridized carbons (Fsp3) is 0.429. The van der Waals surface area contributed by atoms with E-state index < -0.39 is 0 Å². The number of nitrogens with zero attached hydrogens (tertiary/aromatic N) is 2. The van der Waals surface area contributed by atoms with Gasteiger partial charge in [0.1, 0.15) is 0 Å². The second-order valence-electron chi connectivity index (χ2n) is 5.20. The van der Waals surface area contributed by atoms with Crippen LogP contribution in [0.5, 0.6) is 0 Å². The molecule has 1 aromatic heterocycles. The highest BCUT2D eigenvalue weighted by atomic mass is 32.1. The molecule has 0 unspecified atom stereocenters. The van der Waals surface area contributed by atoms with Gasteiger partial charge in [-0.25, -0.2) is 0 Å². The van der Waals surface area contributed by atoms with Gasteiger partial charge in [-0.05, 0) is 36.1 Å². The molecule has 3 nitrogen and oxygen atoms in total. The first-order valence-corrected chi connectivity index (χ1v) is 6.93. The first-order valence-electron chi connectivity index (χ1n) is 6.30. The predicted octanol–water partition coefficient (Wildman–Crippen LogP) is 2.50. The predicted molar refractivity (Wildman–Crippen MR) is 76.1 cm³/mol. The van der Waals surface area contributed by atoms with E-state index in [0.29, 0.717) is 0 Å². The minimum atomic E-state index is -0.00428. The molecule has 18 heavy (non-hydrogen) atoms. The third-order valence-electron chi connectivity index (χ3n) is 4.00. The Morgan fingerprint density at radius 2 is 2.11 bits per heavy atom. The Balaban J connectivity index is 2.07. The zero-order valence-electron chi connectivity index (χ0n) is 10.2. The second-order valence-corrected chi connectivity index (χ2v) is 5.51. The summed E-state index contributed by atoms with van der Waals surface area (Å²) in [5.74, 6) is 0.884. The van der Waals surface area contributed by atoms with Gasteiger partial charge in [0.2, 0.25) is 5.43 Å². The van der Waals surface area contributed by atoms with Gasteiger partial charge in [-0.15, -0.1) is 0 Å². The highest BCUT2D eigenvalue weighted by Crippen LogP contribution is 2.43. The van der Waals surface area contributed by atoms with E-state index in [0.717, 1.165) is 23.2 Å². The van der Waals surface area contributed by atoms with Gasteiger partial charge in [-0.3, -0.25) is 9.48 Å². The summed E-state index contributed by atoms with van der Waals surface area (Å²) in [5, 5.41) is 5.04. The maximum atomic E-state index is 11.8. The minimum absolute atomic E-state index is 0.00428. The Kier molecular flexibility index (Phi) is 2.90. The molecular formula is C14H16N2OS. The van der Waals surface area contributed by atoms with Crippen molar-refractivity contribution in [2.75, 3.05) is 5.75 Å². The summed E-state index contributed by atoms with van der Waals surface area (Å²) in [5.41, 5.74) is 1.20. The lowest BCUT2D eigenvalue weighted by Gasteiger charge is -2.41. The van der Waals surface area contributed by atoms with Gasteiger partial charge in [-0.2, -0.15) is 17.7 Å². The highest BCUT2D eigenvalue weighted by molar-refractivity contribution is 7.80. The maximum absolute atomic E-state index is 11.8. The molecule has 0 atom stereocenters. The molecule has 0 bridgehead atoms. The van der Waals surface area contributed by atoms with Crippen LogP contribution in [-0.4, -0.2) is 15.5 Å². The van der Waals surface area contributed by atoms with Crippen molar-refractivity contribution >= 4 is 23.5 Å². The number of fused-ring (bicyclic) bond motifs is 1. The summed E-state index contributed by atoms with van der Waals surface area (Å²) >= 11 is 4.47. The van der Waals surface area contributed by atoms with Crippen molar-refractivity contribution < 1.29 is 0 Å². The summed E-state index contributed by atoms with van der Waals surface area (Å²) in [7, 11) is 0. The number of aromatic nitrogens is 2. The average molecular weight is 260 g/mol. The summed E-state index contributed by atoms with van der Waals surface area (Å²) in [6, 6.07) is 7.68. The Bertz CT molecular complexity index is 625. The summed E-state index contributed by atoms with van der Waals surface area (Å²) in [6.07, 6.45) is 5.11. The van der Waals surface area contributed by atoms with Crippen LogP contribution in [-0.2, 0) is 6.54 Å². The zero-order chi connectivity index (χ0) is 12.6. The Hall–Kier alpha value is -1.29. The maximum Gasteiger partial charge on any atom is 0.207 e. The van der Waals surface area contributed by atoms with Crippen molar-refractivity contribution in [1.29, 1.82) is 0 Å². The van der Waals surface area contributed by atoms with Gasteiger partial charge in [0.25, 0.3) is 0 Å². The minimum Gasteiger partial charge on any atom is -0.287 e. The van der Waals surface area contributed by atoms with Crippen LogP contribution in [0.1, 0.15) is 19.3 Å². The second kappa shape index (κ2) is 4.43. The molecule has 2 aromatic rings. The number of hydrogen-bond donors (Lipinski definition) is 1. The van der Waals surface area contributed by atoms with Gasteiger partial charge >= 0.3 is 0 Å². The van der Waals surface area contributed by atoms with Crippen molar-refractivity contribution in [1.82, 2.24) is 9.78 Å². The Morgan fingerprint density at radius 1 is 1.33 bits per heavy atom. The van der Waals surface area contributed by atoms with Crippen molar-refractivity contribution in [3.8, 4) is 0 Å². The monoisotopic (exact) mass is 260 g/mol. The molecule has 0 radical (unpaired) electrons. The molecule has 4 heteroatoms. The van der Waals surface area contributed by atoms with Gasteiger partial charge < -0.3 is 0 Å². The molecule has 0 aliphatic heterocycles. The SMILES string of the molecule is O=c1cnn(CC2(CS)CCC2)c2ccccc12. The number of hydrogen-bond acceptors (Lipinski definition) is 3. The van der Waals surface area contributed by atoms with Crippen LogP contribution in [0.25, 0.3) is 10.9 Å². The normalized spacial score (nSPS) is 17.6. The molecule has 1 aromatic carbocycles. The molecular weight excluding hydrogens is 244 g/mol. The van der Waals surface area contributed by atoms with Crippen LogP contribution in [0.3, 0.4) is 0 Å². The molecule has 0 amide bonds. The average Bonchev–Trinajstić information content (AvgIpc) is 2.37. The lowest BCUT2D eigenvalue weighted by molar-refractivity contribution is 0.134. The first kappa shape index (κ1) is 11.8. The molecule has 1 heterocycles. The van der Waals surface area contributed by atoms with Gasteiger partial charge in [0, 0.05) is 11.9 Å². The quantitative estimate of drug-likeness (QED) is 0.861. The van der Waals surface area contributed by atoms with Gasteiger partial charge in [0.05, 0.1) is 11.7 Å². The molecule has 1 aliphatic rings. The van der Waals surface area contributed by atoms with E-state index in [1.165, 1.54) is 25.5 Å². The molecule has 1 fully saturated rings. The van der Waals surface area contributed by atoms with Gasteiger partial charge in [0.15, 0.2) is 0 Å². The van der Waals surface area contributed by atoms with Crippen molar-refractivity contribution in [3.05, 3.63) is 40.7 Å². The smallest absolute Gasteiger partial charge is 0.207 e. The molecule has 94 valence electrons. The van der Waals surface area contributed by atoms with Crippen molar-refractivity contribution in [2.45, 2.75) is 25.8 Å². The number of rotatable bonds is 3. The van der Waals surface area contributed by atoms with E-state index >= 15 is 0 Å².